The van der Waals surface area contributed by atoms with Crippen molar-refractivity contribution in [2.24, 2.45) is 0 Å². The summed E-state index contributed by atoms with van der Waals surface area (Å²) in [6.45, 7) is 2.79. The minimum atomic E-state index is -0.195. The zero-order valence-electron chi connectivity index (χ0n) is 14.7. The molecule has 0 radical (unpaired) electrons. The summed E-state index contributed by atoms with van der Waals surface area (Å²) in [5.74, 6) is 1.61. The summed E-state index contributed by atoms with van der Waals surface area (Å²) in [4.78, 5) is 13.9. The van der Waals surface area contributed by atoms with Crippen LogP contribution in [0.1, 0.15) is 26.5 Å². The van der Waals surface area contributed by atoms with Crippen LogP contribution in [0.3, 0.4) is 0 Å². The van der Waals surface area contributed by atoms with Crippen LogP contribution in [0.4, 0.5) is 0 Å². The van der Waals surface area contributed by atoms with Gasteiger partial charge in [-0.25, -0.2) is 4.68 Å². The van der Waals surface area contributed by atoms with E-state index < -0.39 is 0 Å². The second-order valence-electron chi connectivity index (χ2n) is 5.89. The third-order valence-corrected chi connectivity index (χ3v) is 6.75. The topological polar surface area (TPSA) is 46.9 Å². The van der Waals surface area contributed by atoms with Crippen LogP contribution in [0.2, 0.25) is 10.2 Å². The van der Waals surface area contributed by atoms with Crippen LogP contribution in [-0.4, -0.2) is 28.0 Å². The third-order valence-electron chi connectivity index (χ3n) is 3.93. The minimum absolute atomic E-state index is 0.195. The molecule has 0 spiro atoms. The molecule has 142 valence electrons. The van der Waals surface area contributed by atoms with Crippen molar-refractivity contribution in [2.75, 3.05) is 12.3 Å². The smallest absolute Gasteiger partial charge is 0.256 e. The van der Waals surface area contributed by atoms with Crippen LogP contribution >= 0.6 is 46.3 Å². The van der Waals surface area contributed by atoms with E-state index in [2.05, 4.69) is 21.9 Å². The molecule has 3 rings (SSSR count). The highest BCUT2D eigenvalue weighted by molar-refractivity contribution is 7.98. The maximum Gasteiger partial charge on any atom is 0.256 e. The highest BCUT2D eigenvalue weighted by Crippen LogP contribution is 2.23. The molecule has 0 saturated heterocycles. The summed E-state index contributed by atoms with van der Waals surface area (Å²) in [5.41, 5.74) is 1.93. The van der Waals surface area contributed by atoms with Gasteiger partial charge in [-0.15, -0.1) is 11.3 Å². The first-order valence-electron chi connectivity index (χ1n) is 8.41. The standard InChI is InChI=1S/C19H19Cl2N3OS2/c1-13-17(19(25)22-8-10-26-12-15-6-4-9-27-15)18(21)24(23-13)11-14-5-2-3-7-16(14)20/h2-7,9H,8,10-12H2,1H3,(H,22,25). The Balaban J connectivity index is 1.56. The Kier molecular flexibility index (Phi) is 7.24. The first-order chi connectivity index (χ1) is 13.1. The number of halogens is 2. The average molecular weight is 440 g/mol. The SMILES string of the molecule is Cc1nn(Cc2ccccc2Cl)c(Cl)c1C(=O)NCCSCc1cccs1. The summed E-state index contributed by atoms with van der Waals surface area (Å²) in [6, 6.07) is 11.7. The van der Waals surface area contributed by atoms with Gasteiger partial charge in [0.1, 0.15) is 5.15 Å². The second-order valence-corrected chi connectivity index (χ2v) is 8.79. The molecule has 0 aliphatic rings. The van der Waals surface area contributed by atoms with Gasteiger partial charge in [-0.05, 0) is 30.0 Å². The van der Waals surface area contributed by atoms with E-state index >= 15 is 0 Å². The summed E-state index contributed by atoms with van der Waals surface area (Å²) in [6.07, 6.45) is 0. The maximum absolute atomic E-state index is 12.5. The summed E-state index contributed by atoms with van der Waals surface area (Å²) < 4.78 is 1.61. The number of aryl methyl sites for hydroxylation is 1. The van der Waals surface area contributed by atoms with Gasteiger partial charge in [-0.1, -0.05) is 47.5 Å². The van der Waals surface area contributed by atoms with Crippen LogP contribution in [0.5, 0.6) is 0 Å². The van der Waals surface area contributed by atoms with E-state index in [1.165, 1.54) is 4.88 Å². The largest absolute Gasteiger partial charge is 0.351 e. The molecule has 0 unspecified atom stereocenters. The van der Waals surface area contributed by atoms with Crippen molar-refractivity contribution >= 4 is 52.2 Å². The number of aromatic nitrogens is 2. The second kappa shape index (κ2) is 9.64. The quantitative estimate of drug-likeness (QED) is 0.486. The number of benzene rings is 1. The lowest BCUT2D eigenvalue weighted by Crippen LogP contribution is -2.26. The van der Waals surface area contributed by atoms with Crippen LogP contribution in [0.25, 0.3) is 0 Å². The number of nitrogens with zero attached hydrogens (tertiary/aromatic N) is 2. The predicted octanol–water partition coefficient (Wildman–Crippen LogP) is 5.27. The fourth-order valence-electron chi connectivity index (χ4n) is 2.60. The van der Waals surface area contributed by atoms with Crippen LogP contribution < -0.4 is 5.32 Å². The first kappa shape index (κ1) is 20.3. The summed E-state index contributed by atoms with van der Waals surface area (Å²) in [5, 5.41) is 10.4. The number of carbonyl (C=O) groups is 1. The van der Waals surface area contributed by atoms with E-state index in [-0.39, 0.29) is 5.91 Å². The van der Waals surface area contributed by atoms with Crippen LogP contribution in [0, 0.1) is 6.92 Å². The molecule has 0 atom stereocenters. The normalized spacial score (nSPS) is 10.9. The zero-order chi connectivity index (χ0) is 19.2. The van der Waals surface area contributed by atoms with Gasteiger partial charge in [0.15, 0.2) is 0 Å². The molecular formula is C19H19Cl2N3OS2. The van der Waals surface area contributed by atoms with Gasteiger partial charge in [-0.2, -0.15) is 16.9 Å². The van der Waals surface area contributed by atoms with Gasteiger partial charge < -0.3 is 5.32 Å². The van der Waals surface area contributed by atoms with Gasteiger partial charge in [-0.3, -0.25) is 4.79 Å². The lowest BCUT2D eigenvalue weighted by molar-refractivity contribution is 0.0955. The monoisotopic (exact) mass is 439 g/mol. The van der Waals surface area contributed by atoms with Crippen molar-refractivity contribution in [1.82, 2.24) is 15.1 Å². The number of hydrogen-bond acceptors (Lipinski definition) is 4. The molecule has 0 bridgehead atoms. The van der Waals surface area contributed by atoms with Crippen molar-refractivity contribution in [3.63, 3.8) is 0 Å². The molecule has 1 aromatic carbocycles. The van der Waals surface area contributed by atoms with Crippen LogP contribution in [-0.2, 0) is 12.3 Å². The molecule has 4 nitrogen and oxygen atoms in total. The summed E-state index contributed by atoms with van der Waals surface area (Å²) in [7, 11) is 0. The number of thioether (sulfide) groups is 1. The van der Waals surface area contributed by atoms with Gasteiger partial charge >= 0.3 is 0 Å². The molecule has 3 aromatic rings. The molecule has 2 aromatic heterocycles. The number of hydrogen-bond donors (Lipinski definition) is 1. The fraction of sp³-hybridized carbons (Fsp3) is 0.263. The fourth-order valence-corrected chi connectivity index (χ4v) is 4.81. The van der Waals surface area contributed by atoms with E-state index in [4.69, 9.17) is 23.2 Å². The molecule has 1 amide bonds. The average Bonchev–Trinajstić information content (AvgIpc) is 3.25. The van der Waals surface area contributed by atoms with Crippen molar-refractivity contribution in [1.29, 1.82) is 0 Å². The highest BCUT2D eigenvalue weighted by atomic mass is 35.5. The number of nitrogens with one attached hydrogen (secondary N) is 1. The van der Waals surface area contributed by atoms with Crippen molar-refractivity contribution < 1.29 is 4.79 Å². The zero-order valence-corrected chi connectivity index (χ0v) is 17.9. The first-order valence-corrected chi connectivity index (χ1v) is 11.2. The lowest BCUT2D eigenvalue weighted by atomic mass is 10.2. The maximum atomic E-state index is 12.5. The minimum Gasteiger partial charge on any atom is -0.351 e. The van der Waals surface area contributed by atoms with Crippen molar-refractivity contribution in [3.8, 4) is 0 Å². The Morgan fingerprint density at radius 1 is 1.26 bits per heavy atom. The Hall–Kier alpha value is -1.47. The van der Waals surface area contributed by atoms with Gasteiger partial charge in [0.2, 0.25) is 0 Å². The Bertz CT molecular complexity index is 910. The number of amides is 1. The molecule has 1 N–H and O–H groups in total. The van der Waals surface area contributed by atoms with E-state index in [0.717, 1.165) is 17.1 Å². The molecule has 8 heteroatoms. The van der Waals surface area contributed by atoms with Crippen molar-refractivity contribution in [2.45, 2.75) is 19.2 Å². The van der Waals surface area contributed by atoms with E-state index in [1.807, 2.05) is 30.3 Å². The van der Waals surface area contributed by atoms with Crippen molar-refractivity contribution in [3.05, 3.63) is 73.7 Å². The van der Waals surface area contributed by atoms with E-state index in [9.17, 15) is 4.79 Å². The molecule has 27 heavy (non-hydrogen) atoms. The highest BCUT2D eigenvalue weighted by Gasteiger charge is 2.20. The summed E-state index contributed by atoms with van der Waals surface area (Å²) >= 11 is 16.2. The molecule has 0 fully saturated rings. The Morgan fingerprint density at radius 2 is 2.07 bits per heavy atom. The van der Waals surface area contributed by atoms with E-state index in [1.54, 1.807) is 34.7 Å². The van der Waals surface area contributed by atoms with E-state index in [0.29, 0.717) is 34.5 Å². The molecule has 2 heterocycles. The molecule has 0 saturated carbocycles. The third kappa shape index (κ3) is 5.29. The number of thiophene rings is 1. The number of carbonyl (C=O) groups excluding carboxylic acids is 1. The Labute approximate surface area is 176 Å². The lowest BCUT2D eigenvalue weighted by Gasteiger charge is -2.07. The predicted molar refractivity (Wildman–Crippen MR) is 115 cm³/mol. The molecular weight excluding hydrogens is 421 g/mol. The molecule has 0 aliphatic carbocycles. The van der Waals surface area contributed by atoms with Gasteiger partial charge in [0.05, 0.1) is 17.8 Å². The van der Waals surface area contributed by atoms with Crippen LogP contribution in [0.15, 0.2) is 41.8 Å². The number of rotatable bonds is 8. The molecule has 0 aliphatic heterocycles. The Morgan fingerprint density at radius 3 is 2.81 bits per heavy atom. The van der Waals surface area contributed by atoms with Gasteiger partial charge in [0, 0.05) is 28.0 Å². The van der Waals surface area contributed by atoms with Gasteiger partial charge in [0.25, 0.3) is 5.91 Å².